The standard InChI is InChI=1S/C12H24N4O2S/c1-10(2)13-7-8-19(17,18)15-6-4-5-12-9-14-16-11(12)3/h9-10,13,15H,4-8H2,1-3H3,(H,14,16). The summed E-state index contributed by atoms with van der Waals surface area (Å²) in [5.74, 6) is 0.121. The zero-order chi connectivity index (χ0) is 14.3. The molecule has 7 heteroatoms. The Balaban J connectivity index is 2.19. The number of hydrogen-bond donors (Lipinski definition) is 3. The summed E-state index contributed by atoms with van der Waals surface area (Å²) < 4.78 is 26.0. The number of H-pyrrole nitrogens is 1. The molecule has 1 aromatic rings. The molecule has 0 aliphatic heterocycles. The van der Waals surface area contributed by atoms with Crippen molar-refractivity contribution in [3.8, 4) is 0 Å². The highest BCUT2D eigenvalue weighted by molar-refractivity contribution is 7.89. The van der Waals surface area contributed by atoms with Crippen LogP contribution in [0.4, 0.5) is 0 Å². The van der Waals surface area contributed by atoms with Crippen LogP contribution in [0.25, 0.3) is 0 Å². The van der Waals surface area contributed by atoms with Crippen LogP contribution in [-0.2, 0) is 16.4 Å². The maximum absolute atomic E-state index is 11.7. The van der Waals surface area contributed by atoms with Crippen LogP contribution in [0.5, 0.6) is 0 Å². The van der Waals surface area contributed by atoms with Gasteiger partial charge in [-0.05, 0) is 25.3 Å². The van der Waals surface area contributed by atoms with Gasteiger partial charge in [0.2, 0.25) is 10.0 Å². The third-order valence-corrected chi connectivity index (χ3v) is 4.19. The molecule has 0 aliphatic rings. The molecule has 0 unspecified atom stereocenters. The summed E-state index contributed by atoms with van der Waals surface area (Å²) in [6.07, 6.45) is 3.39. The van der Waals surface area contributed by atoms with Gasteiger partial charge in [-0.1, -0.05) is 13.8 Å². The number of hydrogen-bond acceptors (Lipinski definition) is 4. The molecule has 0 aromatic carbocycles. The highest BCUT2D eigenvalue weighted by atomic mass is 32.2. The average molecular weight is 288 g/mol. The van der Waals surface area contributed by atoms with Gasteiger partial charge in [-0.3, -0.25) is 5.10 Å². The van der Waals surface area contributed by atoms with Crippen LogP contribution < -0.4 is 10.0 Å². The van der Waals surface area contributed by atoms with Crippen LogP contribution in [0, 0.1) is 6.92 Å². The van der Waals surface area contributed by atoms with Gasteiger partial charge in [0, 0.05) is 24.8 Å². The first-order chi connectivity index (χ1) is 8.91. The number of aromatic nitrogens is 2. The van der Waals surface area contributed by atoms with E-state index in [2.05, 4.69) is 20.2 Å². The van der Waals surface area contributed by atoms with Gasteiger partial charge < -0.3 is 5.32 Å². The molecule has 1 rings (SSSR count). The Morgan fingerprint density at radius 3 is 2.68 bits per heavy atom. The zero-order valence-corrected chi connectivity index (χ0v) is 12.7. The molecule has 0 radical (unpaired) electrons. The van der Waals surface area contributed by atoms with Gasteiger partial charge in [0.05, 0.1) is 11.9 Å². The molecule has 0 bridgehead atoms. The summed E-state index contributed by atoms with van der Waals surface area (Å²) in [7, 11) is -3.16. The van der Waals surface area contributed by atoms with Gasteiger partial charge in [0.15, 0.2) is 0 Å². The Bertz CT molecular complexity index is 468. The lowest BCUT2D eigenvalue weighted by atomic mass is 10.1. The minimum absolute atomic E-state index is 0.121. The van der Waals surface area contributed by atoms with Crippen molar-refractivity contribution in [1.29, 1.82) is 0 Å². The topological polar surface area (TPSA) is 86.9 Å². The van der Waals surface area contributed by atoms with E-state index in [0.717, 1.165) is 24.1 Å². The fourth-order valence-corrected chi connectivity index (χ4v) is 2.67. The fourth-order valence-electron chi connectivity index (χ4n) is 1.69. The van der Waals surface area contributed by atoms with E-state index in [1.165, 1.54) is 0 Å². The first-order valence-corrected chi connectivity index (χ1v) is 8.25. The molecule has 0 saturated heterocycles. The maximum Gasteiger partial charge on any atom is 0.212 e. The summed E-state index contributed by atoms with van der Waals surface area (Å²) in [6.45, 7) is 6.90. The van der Waals surface area contributed by atoms with Crippen LogP contribution in [0.3, 0.4) is 0 Å². The van der Waals surface area contributed by atoms with Gasteiger partial charge in [-0.15, -0.1) is 0 Å². The smallest absolute Gasteiger partial charge is 0.212 e. The SMILES string of the molecule is Cc1[nH]ncc1CCCNS(=O)(=O)CCNC(C)C. The first kappa shape index (κ1) is 16.1. The Kier molecular flexibility index (Phi) is 6.47. The van der Waals surface area contributed by atoms with Crippen molar-refractivity contribution in [2.45, 2.75) is 39.7 Å². The largest absolute Gasteiger partial charge is 0.313 e. The van der Waals surface area contributed by atoms with Crippen LogP contribution in [0.1, 0.15) is 31.5 Å². The van der Waals surface area contributed by atoms with Crippen molar-refractivity contribution in [3.05, 3.63) is 17.5 Å². The molecule has 0 atom stereocenters. The van der Waals surface area contributed by atoms with Gasteiger partial charge in [-0.25, -0.2) is 13.1 Å². The Morgan fingerprint density at radius 1 is 1.37 bits per heavy atom. The van der Waals surface area contributed by atoms with E-state index in [1.807, 2.05) is 20.8 Å². The molecule has 3 N–H and O–H groups in total. The summed E-state index contributed by atoms with van der Waals surface area (Å²) in [6, 6.07) is 0.305. The summed E-state index contributed by atoms with van der Waals surface area (Å²) in [5.41, 5.74) is 2.18. The van der Waals surface area contributed by atoms with E-state index in [1.54, 1.807) is 6.20 Å². The molecule has 110 valence electrons. The Hall–Kier alpha value is -0.920. The van der Waals surface area contributed by atoms with E-state index in [-0.39, 0.29) is 5.75 Å². The molecular formula is C12H24N4O2S. The van der Waals surface area contributed by atoms with E-state index in [9.17, 15) is 8.42 Å². The van der Waals surface area contributed by atoms with Crippen molar-refractivity contribution in [2.75, 3.05) is 18.8 Å². The normalized spacial score (nSPS) is 12.2. The number of nitrogens with one attached hydrogen (secondary N) is 3. The quantitative estimate of drug-likeness (QED) is 0.580. The molecule has 0 fully saturated rings. The second-order valence-corrected chi connectivity index (χ2v) is 6.87. The Morgan fingerprint density at radius 2 is 2.11 bits per heavy atom. The first-order valence-electron chi connectivity index (χ1n) is 6.60. The van der Waals surface area contributed by atoms with E-state index in [4.69, 9.17) is 0 Å². The highest BCUT2D eigenvalue weighted by Gasteiger charge is 2.09. The van der Waals surface area contributed by atoms with Gasteiger partial charge in [0.1, 0.15) is 0 Å². The third-order valence-electron chi connectivity index (χ3n) is 2.80. The van der Waals surface area contributed by atoms with Crippen LogP contribution in [0.2, 0.25) is 0 Å². The van der Waals surface area contributed by atoms with Crippen LogP contribution in [0.15, 0.2) is 6.20 Å². The lowest BCUT2D eigenvalue weighted by molar-refractivity contribution is 0.565. The second kappa shape index (κ2) is 7.62. The summed E-state index contributed by atoms with van der Waals surface area (Å²) in [4.78, 5) is 0. The van der Waals surface area contributed by atoms with Gasteiger partial charge >= 0.3 is 0 Å². The minimum atomic E-state index is -3.16. The molecule has 0 aliphatic carbocycles. The van der Waals surface area contributed by atoms with Crippen LogP contribution >= 0.6 is 0 Å². The highest BCUT2D eigenvalue weighted by Crippen LogP contribution is 2.05. The zero-order valence-electron chi connectivity index (χ0n) is 11.9. The van der Waals surface area contributed by atoms with E-state index < -0.39 is 10.0 Å². The molecule has 1 aromatic heterocycles. The predicted octanol–water partition coefficient (Wildman–Crippen LogP) is 0.568. The predicted molar refractivity (Wildman–Crippen MR) is 76.6 cm³/mol. The number of sulfonamides is 1. The molecule has 1 heterocycles. The molecule has 6 nitrogen and oxygen atoms in total. The van der Waals surface area contributed by atoms with Gasteiger partial charge in [0.25, 0.3) is 0 Å². The van der Waals surface area contributed by atoms with Gasteiger partial charge in [-0.2, -0.15) is 5.10 Å². The van der Waals surface area contributed by atoms with Crippen LogP contribution in [-0.4, -0.2) is 43.5 Å². The monoisotopic (exact) mass is 288 g/mol. The molecule has 0 amide bonds. The van der Waals surface area contributed by atoms with Crippen molar-refractivity contribution < 1.29 is 8.42 Å². The summed E-state index contributed by atoms with van der Waals surface area (Å²) in [5, 5.41) is 9.89. The summed E-state index contributed by atoms with van der Waals surface area (Å²) >= 11 is 0. The molecular weight excluding hydrogens is 264 g/mol. The van der Waals surface area contributed by atoms with Crippen molar-refractivity contribution in [1.82, 2.24) is 20.2 Å². The van der Waals surface area contributed by atoms with Crippen molar-refractivity contribution in [2.24, 2.45) is 0 Å². The number of aryl methyl sites for hydroxylation is 2. The lowest BCUT2D eigenvalue weighted by Crippen LogP contribution is -2.34. The maximum atomic E-state index is 11.7. The average Bonchev–Trinajstić information content (AvgIpc) is 2.70. The van der Waals surface area contributed by atoms with Crippen molar-refractivity contribution >= 4 is 10.0 Å². The number of rotatable bonds is 9. The van der Waals surface area contributed by atoms with Crippen molar-refractivity contribution in [3.63, 3.8) is 0 Å². The molecule has 0 spiro atoms. The second-order valence-electron chi connectivity index (χ2n) is 4.95. The molecule has 0 saturated carbocycles. The number of nitrogens with zero attached hydrogens (tertiary/aromatic N) is 1. The number of aromatic amines is 1. The third kappa shape index (κ3) is 6.70. The fraction of sp³-hybridized carbons (Fsp3) is 0.750. The van der Waals surface area contributed by atoms with E-state index >= 15 is 0 Å². The Labute approximate surface area is 115 Å². The minimum Gasteiger partial charge on any atom is -0.313 e. The lowest BCUT2D eigenvalue weighted by Gasteiger charge is -2.09. The van der Waals surface area contributed by atoms with E-state index in [0.29, 0.717) is 19.1 Å². The molecule has 19 heavy (non-hydrogen) atoms.